The molecule has 0 aliphatic rings. The summed E-state index contributed by atoms with van der Waals surface area (Å²) in [5.41, 5.74) is -0.228. The van der Waals surface area contributed by atoms with E-state index in [4.69, 9.17) is 5.11 Å². The van der Waals surface area contributed by atoms with Crippen molar-refractivity contribution in [1.82, 2.24) is 19.1 Å². The maximum atomic E-state index is 12.3. The SMILES string of the molecule is CCC(C)Cn1c(=O)c2[nH]c(CO)nc2n(C)c1=O. The van der Waals surface area contributed by atoms with Crippen LogP contribution in [0.3, 0.4) is 0 Å². The van der Waals surface area contributed by atoms with Crippen LogP contribution < -0.4 is 11.2 Å². The van der Waals surface area contributed by atoms with Crippen LogP contribution in [0.5, 0.6) is 0 Å². The second-order valence-electron chi connectivity index (χ2n) is 4.81. The average Bonchev–Trinajstić information content (AvgIpc) is 2.85. The number of H-pyrrole nitrogens is 1. The molecule has 0 aliphatic carbocycles. The van der Waals surface area contributed by atoms with Crippen LogP contribution in [0.4, 0.5) is 0 Å². The first-order valence-corrected chi connectivity index (χ1v) is 6.28. The Morgan fingerprint density at radius 2 is 2.11 bits per heavy atom. The first-order chi connectivity index (χ1) is 8.99. The van der Waals surface area contributed by atoms with Crippen molar-refractivity contribution in [2.24, 2.45) is 13.0 Å². The first kappa shape index (κ1) is 13.5. The Morgan fingerprint density at radius 1 is 1.42 bits per heavy atom. The van der Waals surface area contributed by atoms with E-state index in [1.165, 1.54) is 9.13 Å². The summed E-state index contributed by atoms with van der Waals surface area (Å²) < 4.78 is 2.55. The summed E-state index contributed by atoms with van der Waals surface area (Å²) in [5.74, 6) is 0.520. The van der Waals surface area contributed by atoms with Gasteiger partial charge in [-0.3, -0.25) is 13.9 Å². The number of aliphatic hydroxyl groups excluding tert-OH is 1. The maximum Gasteiger partial charge on any atom is 0.332 e. The second kappa shape index (κ2) is 5.00. The van der Waals surface area contributed by atoms with Crippen molar-refractivity contribution in [1.29, 1.82) is 0 Å². The fourth-order valence-corrected chi connectivity index (χ4v) is 1.97. The Morgan fingerprint density at radius 3 is 2.68 bits per heavy atom. The van der Waals surface area contributed by atoms with Crippen molar-refractivity contribution in [2.45, 2.75) is 33.4 Å². The minimum atomic E-state index is -0.384. The van der Waals surface area contributed by atoms with Crippen LogP contribution >= 0.6 is 0 Å². The summed E-state index contributed by atoms with van der Waals surface area (Å²) in [7, 11) is 1.57. The molecule has 19 heavy (non-hydrogen) atoms. The predicted molar refractivity (Wildman–Crippen MR) is 71.0 cm³/mol. The molecule has 0 amide bonds. The zero-order valence-corrected chi connectivity index (χ0v) is 11.3. The van der Waals surface area contributed by atoms with Gasteiger partial charge in [0, 0.05) is 13.6 Å². The lowest BCUT2D eigenvalue weighted by Gasteiger charge is -2.11. The molecular formula is C12H18N4O3. The molecule has 0 saturated carbocycles. The van der Waals surface area contributed by atoms with Gasteiger partial charge in [-0.2, -0.15) is 0 Å². The molecule has 1 unspecified atom stereocenters. The number of hydrogen-bond donors (Lipinski definition) is 2. The molecule has 0 bridgehead atoms. The van der Waals surface area contributed by atoms with E-state index in [1.807, 2.05) is 13.8 Å². The topological polar surface area (TPSA) is 92.9 Å². The molecular weight excluding hydrogens is 248 g/mol. The Balaban J connectivity index is 2.72. The molecule has 1 atom stereocenters. The molecule has 2 aromatic rings. The first-order valence-electron chi connectivity index (χ1n) is 6.28. The van der Waals surface area contributed by atoms with E-state index < -0.39 is 0 Å². The highest BCUT2D eigenvalue weighted by molar-refractivity contribution is 5.69. The van der Waals surface area contributed by atoms with Crippen LogP contribution in [0.1, 0.15) is 26.1 Å². The highest BCUT2D eigenvalue weighted by Gasteiger charge is 2.16. The minimum Gasteiger partial charge on any atom is -0.388 e. The van der Waals surface area contributed by atoms with Gasteiger partial charge < -0.3 is 10.1 Å². The summed E-state index contributed by atoms with van der Waals surface area (Å²) in [5, 5.41) is 9.05. The van der Waals surface area contributed by atoms with Crippen molar-refractivity contribution in [3.05, 3.63) is 26.7 Å². The zero-order valence-electron chi connectivity index (χ0n) is 11.3. The molecule has 0 radical (unpaired) electrons. The van der Waals surface area contributed by atoms with Crippen LogP contribution in [0.25, 0.3) is 11.2 Å². The molecule has 2 heterocycles. The number of aromatic amines is 1. The number of aryl methyl sites for hydroxylation is 1. The second-order valence-corrected chi connectivity index (χ2v) is 4.81. The Kier molecular flexibility index (Phi) is 3.57. The molecule has 0 saturated heterocycles. The van der Waals surface area contributed by atoms with Gasteiger partial charge in [0.25, 0.3) is 5.56 Å². The Hall–Kier alpha value is -1.89. The number of imidazole rings is 1. The van der Waals surface area contributed by atoms with Gasteiger partial charge in [-0.1, -0.05) is 20.3 Å². The lowest BCUT2D eigenvalue weighted by molar-refractivity contribution is 0.273. The molecule has 0 aromatic carbocycles. The summed E-state index contributed by atoms with van der Waals surface area (Å²) in [6, 6.07) is 0. The van der Waals surface area contributed by atoms with Crippen LogP contribution in [0.15, 0.2) is 9.59 Å². The fraction of sp³-hybridized carbons (Fsp3) is 0.583. The quantitative estimate of drug-likeness (QED) is 0.812. The molecule has 0 fully saturated rings. The number of fused-ring (bicyclic) bond motifs is 1. The molecule has 0 spiro atoms. The highest BCUT2D eigenvalue weighted by Crippen LogP contribution is 2.06. The van der Waals surface area contributed by atoms with Crippen LogP contribution in [-0.2, 0) is 20.2 Å². The zero-order chi connectivity index (χ0) is 14.2. The predicted octanol–water partition coefficient (Wildman–Crippen LogP) is -0.0383. The third kappa shape index (κ3) is 2.21. The van der Waals surface area contributed by atoms with E-state index in [-0.39, 0.29) is 40.8 Å². The molecule has 2 N–H and O–H groups in total. The lowest BCUT2D eigenvalue weighted by Crippen LogP contribution is -2.40. The van der Waals surface area contributed by atoms with Crippen LogP contribution in [-0.4, -0.2) is 24.2 Å². The molecule has 0 aliphatic heterocycles. The third-order valence-corrected chi connectivity index (χ3v) is 3.37. The molecule has 7 heteroatoms. The number of aromatic nitrogens is 4. The maximum absolute atomic E-state index is 12.3. The van der Waals surface area contributed by atoms with Gasteiger partial charge >= 0.3 is 5.69 Å². The van der Waals surface area contributed by atoms with Gasteiger partial charge in [-0.15, -0.1) is 0 Å². The summed E-state index contributed by atoms with van der Waals surface area (Å²) in [4.78, 5) is 31.2. The number of aliphatic hydroxyl groups is 1. The van der Waals surface area contributed by atoms with Crippen molar-refractivity contribution in [3.8, 4) is 0 Å². The molecule has 7 nitrogen and oxygen atoms in total. The highest BCUT2D eigenvalue weighted by atomic mass is 16.3. The Labute approximate surface area is 109 Å². The van der Waals surface area contributed by atoms with Crippen molar-refractivity contribution in [2.75, 3.05) is 0 Å². The van der Waals surface area contributed by atoms with Gasteiger partial charge in [0.15, 0.2) is 5.65 Å². The molecule has 2 aromatic heterocycles. The van der Waals surface area contributed by atoms with Crippen molar-refractivity contribution in [3.63, 3.8) is 0 Å². The van der Waals surface area contributed by atoms with Gasteiger partial charge in [-0.25, -0.2) is 9.78 Å². The van der Waals surface area contributed by atoms with E-state index in [0.717, 1.165) is 6.42 Å². The van der Waals surface area contributed by atoms with E-state index >= 15 is 0 Å². The summed E-state index contributed by atoms with van der Waals surface area (Å²) in [6.45, 7) is 4.08. The van der Waals surface area contributed by atoms with Crippen LogP contribution in [0.2, 0.25) is 0 Å². The number of nitrogens with one attached hydrogen (secondary N) is 1. The number of hydrogen-bond acceptors (Lipinski definition) is 4. The molecule has 2 rings (SSSR count). The van der Waals surface area contributed by atoms with Crippen LogP contribution in [0, 0.1) is 5.92 Å². The van der Waals surface area contributed by atoms with Crippen molar-refractivity contribution >= 4 is 11.2 Å². The smallest absolute Gasteiger partial charge is 0.332 e. The normalized spacial score (nSPS) is 13.1. The number of nitrogens with zero attached hydrogens (tertiary/aromatic N) is 3. The fourth-order valence-electron chi connectivity index (χ4n) is 1.97. The monoisotopic (exact) mass is 266 g/mol. The van der Waals surface area contributed by atoms with Gasteiger partial charge in [-0.05, 0) is 5.92 Å². The summed E-state index contributed by atoms with van der Waals surface area (Å²) >= 11 is 0. The van der Waals surface area contributed by atoms with E-state index in [9.17, 15) is 9.59 Å². The largest absolute Gasteiger partial charge is 0.388 e. The average molecular weight is 266 g/mol. The van der Waals surface area contributed by atoms with Gasteiger partial charge in [0.2, 0.25) is 0 Å². The lowest BCUT2D eigenvalue weighted by atomic mass is 10.1. The summed E-state index contributed by atoms with van der Waals surface area (Å²) in [6.07, 6.45) is 0.887. The minimum absolute atomic E-state index is 0.239. The molecule has 104 valence electrons. The van der Waals surface area contributed by atoms with Crippen molar-refractivity contribution < 1.29 is 5.11 Å². The standard InChI is InChI=1S/C12H18N4O3/c1-4-7(2)5-16-11(18)9-10(15(3)12(16)19)14-8(6-17)13-9/h7,17H,4-6H2,1-3H3,(H,13,14). The Bertz CT molecular complexity index is 710. The third-order valence-electron chi connectivity index (χ3n) is 3.37. The van der Waals surface area contributed by atoms with E-state index in [1.54, 1.807) is 7.05 Å². The van der Waals surface area contributed by atoms with Gasteiger partial charge in [0.05, 0.1) is 0 Å². The van der Waals surface area contributed by atoms with Gasteiger partial charge in [0.1, 0.15) is 17.9 Å². The van der Waals surface area contributed by atoms with E-state index in [2.05, 4.69) is 9.97 Å². The van der Waals surface area contributed by atoms with E-state index in [0.29, 0.717) is 6.54 Å². The number of rotatable bonds is 4.